The highest BCUT2D eigenvalue weighted by Gasteiger charge is 2.11. The van der Waals surface area contributed by atoms with Crippen molar-refractivity contribution in [1.29, 1.82) is 0 Å². The van der Waals surface area contributed by atoms with Crippen molar-refractivity contribution in [1.82, 2.24) is 0 Å². The van der Waals surface area contributed by atoms with Crippen LogP contribution in [0.5, 0.6) is 0 Å². The zero-order valence-electron chi connectivity index (χ0n) is 11.8. The Morgan fingerprint density at radius 3 is 1.50 bits per heavy atom. The van der Waals surface area contributed by atoms with Crippen molar-refractivity contribution in [2.45, 2.75) is 39.5 Å². The first-order chi connectivity index (χ1) is 9.40. The fourth-order valence-corrected chi connectivity index (χ4v) is 1.73. The molecule has 1 rings (SSSR count). The van der Waals surface area contributed by atoms with Gasteiger partial charge in [-0.15, -0.1) is 0 Å². The second-order valence-corrected chi connectivity index (χ2v) is 4.83. The maximum absolute atomic E-state index is 11.9. The van der Waals surface area contributed by atoms with Crippen LogP contribution in [-0.4, -0.2) is 23.1 Å². The largest absolute Gasteiger partial charge is 0.300 e. The summed E-state index contributed by atoms with van der Waals surface area (Å²) in [4.78, 5) is 45.5. The van der Waals surface area contributed by atoms with Gasteiger partial charge in [-0.05, 0) is 19.9 Å². The van der Waals surface area contributed by atoms with E-state index in [1.54, 1.807) is 18.2 Å². The lowest BCUT2D eigenvalue weighted by atomic mass is 9.99. The van der Waals surface area contributed by atoms with Crippen molar-refractivity contribution in [3.63, 3.8) is 0 Å². The van der Waals surface area contributed by atoms with Crippen LogP contribution in [0.2, 0.25) is 0 Å². The molecule has 20 heavy (non-hydrogen) atoms. The molecule has 0 bridgehead atoms. The number of Topliss-reactive ketones (excluding diaryl/α,β-unsaturated/α-hetero) is 4. The van der Waals surface area contributed by atoms with E-state index in [0.717, 1.165) is 0 Å². The third-order valence-corrected chi connectivity index (χ3v) is 2.91. The van der Waals surface area contributed by atoms with E-state index in [1.165, 1.54) is 19.9 Å². The van der Waals surface area contributed by atoms with E-state index >= 15 is 0 Å². The van der Waals surface area contributed by atoms with E-state index in [1.807, 2.05) is 0 Å². The Bertz CT molecular complexity index is 498. The van der Waals surface area contributed by atoms with Crippen LogP contribution in [0, 0.1) is 0 Å². The second-order valence-electron chi connectivity index (χ2n) is 4.83. The summed E-state index contributed by atoms with van der Waals surface area (Å²) in [6.45, 7) is 2.88. The normalized spacial score (nSPS) is 10.1. The number of hydrogen-bond donors (Lipinski definition) is 0. The quantitative estimate of drug-likeness (QED) is 0.683. The van der Waals surface area contributed by atoms with Gasteiger partial charge in [-0.25, -0.2) is 0 Å². The highest BCUT2D eigenvalue weighted by atomic mass is 16.1. The van der Waals surface area contributed by atoms with Crippen LogP contribution in [-0.2, 0) is 9.59 Å². The molecule has 0 heterocycles. The summed E-state index contributed by atoms with van der Waals surface area (Å²) in [7, 11) is 0. The van der Waals surface area contributed by atoms with E-state index < -0.39 is 0 Å². The molecule has 0 saturated carbocycles. The number of carbonyl (C=O) groups is 4. The Balaban J connectivity index is 2.74. The van der Waals surface area contributed by atoms with Gasteiger partial charge in [0.1, 0.15) is 11.6 Å². The van der Waals surface area contributed by atoms with Gasteiger partial charge >= 0.3 is 0 Å². The molecule has 1 aromatic carbocycles. The van der Waals surface area contributed by atoms with Crippen molar-refractivity contribution in [2.24, 2.45) is 0 Å². The predicted molar refractivity (Wildman–Crippen MR) is 74.9 cm³/mol. The topological polar surface area (TPSA) is 68.3 Å². The molecule has 4 heteroatoms. The van der Waals surface area contributed by atoms with Crippen LogP contribution in [0.4, 0.5) is 0 Å². The second kappa shape index (κ2) is 7.48. The third kappa shape index (κ3) is 5.26. The Hall–Kier alpha value is -2.10. The fourth-order valence-electron chi connectivity index (χ4n) is 1.73. The van der Waals surface area contributed by atoms with Gasteiger partial charge in [0, 0.05) is 36.8 Å². The molecule has 0 atom stereocenters. The van der Waals surface area contributed by atoms with Crippen LogP contribution in [0.3, 0.4) is 0 Å². The smallest absolute Gasteiger partial charge is 0.163 e. The van der Waals surface area contributed by atoms with Crippen LogP contribution < -0.4 is 0 Å². The van der Waals surface area contributed by atoms with E-state index in [2.05, 4.69) is 0 Å². The molecule has 0 spiro atoms. The van der Waals surface area contributed by atoms with Crippen molar-refractivity contribution >= 4 is 23.1 Å². The van der Waals surface area contributed by atoms with Gasteiger partial charge in [-0.1, -0.05) is 18.2 Å². The minimum atomic E-state index is -0.151. The molecule has 106 valence electrons. The van der Waals surface area contributed by atoms with Crippen LogP contribution >= 0.6 is 0 Å². The van der Waals surface area contributed by atoms with Crippen LogP contribution in [0.1, 0.15) is 60.2 Å². The average Bonchev–Trinajstić information content (AvgIpc) is 2.42. The molecular weight excluding hydrogens is 256 g/mol. The highest BCUT2D eigenvalue weighted by Crippen LogP contribution is 2.12. The minimum absolute atomic E-state index is 0.0351. The van der Waals surface area contributed by atoms with Crippen molar-refractivity contribution in [3.05, 3.63) is 35.4 Å². The minimum Gasteiger partial charge on any atom is -0.300 e. The van der Waals surface area contributed by atoms with E-state index in [0.29, 0.717) is 11.1 Å². The van der Waals surface area contributed by atoms with Gasteiger partial charge in [-0.2, -0.15) is 0 Å². The summed E-state index contributed by atoms with van der Waals surface area (Å²) >= 11 is 0. The molecule has 0 fully saturated rings. The first-order valence-electron chi connectivity index (χ1n) is 6.55. The standard InChI is InChI=1S/C16H18O4/c1-11(17)6-8-15(19)13-4-3-5-14(10-13)16(20)9-7-12(2)18/h3-5,10H,6-9H2,1-2H3. The summed E-state index contributed by atoms with van der Waals surface area (Å²) in [5.41, 5.74) is 0.861. The summed E-state index contributed by atoms with van der Waals surface area (Å²) in [5, 5.41) is 0. The van der Waals surface area contributed by atoms with Gasteiger partial charge in [0.05, 0.1) is 0 Å². The maximum Gasteiger partial charge on any atom is 0.163 e. The summed E-state index contributed by atoms with van der Waals surface area (Å²) < 4.78 is 0. The summed E-state index contributed by atoms with van der Waals surface area (Å²) in [6.07, 6.45) is 0.726. The monoisotopic (exact) mass is 274 g/mol. The number of carbonyl (C=O) groups excluding carboxylic acids is 4. The van der Waals surface area contributed by atoms with Crippen LogP contribution in [0.25, 0.3) is 0 Å². The Kier molecular flexibility index (Phi) is 5.97. The number of benzene rings is 1. The molecule has 0 amide bonds. The summed E-state index contributed by atoms with van der Waals surface area (Å²) in [5.74, 6) is -0.373. The lowest BCUT2D eigenvalue weighted by Gasteiger charge is -2.03. The zero-order valence-corrected chi connectivity index (χ0v) is 11.8. The van der Waals surface area contributed by atoms with Gasteiger partial charge < -0.3 is 9.59 Å². The zero-order chi connectivity index (χ0) is 15.1. The van der Waals surface area contributed by atoms with Crippen molar-refractivity contribution < 1.29 is 19.2 Å². The number of hydrogen-bond acceptors (Lipinski definition) is 4. The third-order valence-electron chi connectivity index (χ3n) is 2.91. The van der Waals surface area contributed by atoms with E-state index in [9.17, 15) is 19.2 Å². The van der Waals surface area contributed by atoms with Crippen molar-refractivity contribution in [2.75, 3.05) is 0 Å². The molecule has 0 aliphatic heterocycles. The van der Waals surface area contributed by atoms with Gasteiger partial charge in [-0.3, -0.25) is 9.59 Å². The molecular formula is C16H18O4. The Morgan fingerprint density at radius 1 is 0.750 bits per heavy atom. The van der Waals surface area contributed by atoms with Gasteiger partial charge in [0.15, 0.2) is 11.6 Å². The highest BCUT2D eigenvalue weighted by molar-refractivity contribution is 6.02. The average molecular weight is 274 g/mol. The molecule has 0 saturated heterocycles. The molecule has 0 aliphatic rings. The Morgan fingerprint density at radius 2 is 1.15 bits per heavy atom. The number of rotatable bonds is 8. The Labute approximate surface area is 118 Å². The summed E-state index contributed by atoms with van der Waals surface area (Å²) in [6, 6.07) is 6.43. The molecule has 4 nitrogen and oxygen atoms in total. The lowest BCUT2D eigenvalue weighted by Crippen LogP contribution is -2.06. The predicted octanol–water partition coefficient (Wildman–Crippen LogP) is 2.79. The molecule has 0 aliphatic carbocycles. The number of ketones is 4. The molecule has 1 aromatic rings. The first kappa shape index (κ1) is 16.0. The lowest BCUT2D eigenvalue weighted by molar-refractivity contribution is -0.117. The van der Waals surface area contributed by atoms with E-state index in [-0.39, 0.29) is 48.8 Å². The van der Waals surface area contributed by atoms with Gasteiger partial charge in [0.25, 0.3) is 0 Å². The fraction of sp³-hybridized carbons (Fsp3) is 0.375. The molecule has 0 aromatic heterocycles. The van der Waals surface area contributed by atoms with Crippen molar-refractivity contribution in [3.8, 4) is 0 Å². The molecule has 0 radical (unpaired) electrons. The van der Waals surface area contributed by atoms with E-state index in [4.69, 9.17) is 0 Å². The maximum atomic E-state index is 11.9. The van der Waals surface area contributed by atoms with Crippen LogP contribution in [0.15, 0.2) is 24.3 Å². The van der Waals surface area contributed by atoms with Gasteiger partial charge in [0.2, 0.25) is 0 Å². The SMILES string of the molecule is CC(=O)CCC(=O)c1cccc(C(=O)CCC(C)=O)c1. The molecule has 0 N–H and O–H groups in total. The first-order valence-corrected chi connectivity index (χ1v) is 6.55. The molecule has 0 unspecified atom stereocenters.